The van der Waals surface area contributed by atoms with Gasteiger partial charge in [-0.05, 0) is 17.7 Å². The van der Waals surface area contributed by atoms with Crippen molar-refractivity contribution in [1.29, 1.82) is 0 Å². The molecule has 82 valence electrons. The molecule has 2 rings (SSSR count). The molecule has 16 heavy (non-hydrogen) atoms. The topological polar surface area (TPSA) is 55.1 Å². The fourth-order valence-corrected chi connectivity index (χ4v) is 1.51. The van der Waals surface area contributed by atoms with Gasteiger partial charge in [0, 0.05) is 12.4 Å². The van der Waals surface area contributed by atoms with Crippen molar-refractivity contribution in [2.45, 2.75) is 6.54 Å². The van der Waals surface area contributed by atoms with Crippen molar-refractivity contribution in [2.24, 2.45) is 0 Å². The fraction of sp³-hybridized carbons (Fsp3) is 0.0909. The van der Waals surface area contributed by atoms with Gasteiger partial charge in [-0.3, -0.25) is 4.79 Å². The maximum atomic E-state index is 11.6. The molecule has 1 heterocycles. The van der Waals surface area contributed by atoms with Crippen LogP contribution in [0, 0.1) is 0 Å². The third kappa shape index (κ3) is 2.23. The minimum absolute atomic E-state index is 0.0405. The predicted molar refractivity (Wildman–Crippen MR) is 60.7 cm³/mol. The summed E-state index contributed by atoms with van der Waals surface area (Å²) in [6.45, 7) is 0.404. The zero-order valence-electron chi connectivity index (χ0n) is 8.30. The number of benzene rings is 1. The van der Waals surface area contributed by atoms with Gasteiger partial charge in [-0.15, -0.1) is 0 Å². The summed E-state index contributed by atoms with van der Waals surface area (Å²) in [5.74, 6) is 0.198. The Bertz CT molecular complexity index is 549. The molecule has 0 fully saturated rings. The number of phenols is 1. The SMILES string of the molecule is O=c1c(Cl)nccn1Cc1ccc(O)cc1. The van der Waals surface area contributed by atoms with Crippen LogP contribution in [0.4, 0.5) is 0 Å². The molecule has 1 N–H and O–H groups in total. The summed E-state index contributed by atoms with van der Waals surface area (Å²) < 4.78 is 1.46. The van der Waals surface area contributed by atoms with Gasteiger partial charge < -0.3 is 9.67 Å². The zero-order valence-corrected chi connectivity index (χ0v) is 9.05. The highest BCUT2D eigenvalue weighted by molar-refractivity contribution is 6.29. The Morgan fingerprint density at radius 2 is 2.00 bits per heavy atom. The summed E-state index contributed by atoms with van der Waals surface area (Å²) >= 11 is 5.62. The van der Waals surface area contributed by atoms with Crippen LogP contribution in [0.1, 0.15) is 5.56 Å². The lowest BCUT2D eigenvalue weighted by Gasteiger charge is -2.05. The number of hydrogen-bond acceptors (Lipinski definition) is 3. The lowest BCUT2D eigenvalue weighted by atomic mass is 10.2. The highest BCUT2D eigenvalue weighted by atomic mass is 35.5. The summed E-state index contributed by atoms with van der Waals surface area (Å²) in [6, 6.07) is 6.64. The van der Waals surface area contributed by atoms with Crippen LogP contribution in [0.2, 0.25) is 5.15 Å². The van der Waals surface area contributed by atoms with Gasteiger partial charge in [0.1, 0.15) is 5.75 Å². The van der Waals surface area contributed by atoms with Crippen molar-refractivity contribution >= 4 is 11.6 Å². The van der Waals surface area contributed by atoms with Gasteiger partial charge in [0.05, 0.1) is 6.54 Å². The van der Waals surface area contributed by atoms with E-state index < -0.39 is 0 Å². The first-order chi connectivity index (χ1) is 7.66. The van der Waals surface area contributed by atoms with Crippen LogP contribution in [-0.2, 0) is 6.54 Å². The molecule has 1 aromatic carbocycles. The van der Waals surface area contributed by atoms with Gasteiger partial charge in [-0.2, -0.15) is 0 Å². The highest BCUT2D eigenvalue weighted by Gasteiger charge is 2.02. The van der Waals surface area contributed by atoms with Crippen molar-refractivity contribution in [3.8, 4) is 5.75 Å². The highest BCUT2D eigenvalue weighted by Crippen LogP contribution is 2.10. The van der Waals surface area contributed by atoms with Crippen molar-refractivity contribution in [2.75, 3.05) is 0 Å². The molecule has 0 atom stereocenters. The summed E-state index contributed by atoms with van der Waals surface area (Å²) in [4.78, 5) is 15.2. The maximum Gasteiger partial charge on any atom is 0.288 e. The molecule has 0 amide bonds. The number of aromatic nitrogens is 2. The van der Waals surface area contributed by atoms with E-state index in [9.17, 15) is 4.79 Å². The molecule has 0 saturated heterocycles. The van der Waals surface area contributed by atoms with Gasteiger partial charge >= 0.3 is 0 Å². The minimum Gasteiger partial charge on any atom is -0.508 e. The molecular weight excluding hydrogens is 228 g/mol. The summed E-state index contributed by atoms with van der Waals surface area (Å²) in [6.07, 6.45) is 3.05. The van der Waals surface area contributed by atoms with Gasteiger partial charge in [-0.1, -0.05) is 23.7 Å². The molecule has 5 heteroatoms. The molecule has 2 aromatic rings. The second-order valence-electron chi connectivity index (χ2n) is 3.32. The van der Waals surface area contributed by atoms with Crippen LogP contribution < -0.4 is 5.56 Å². The fourth-order valence-electron chi connectivity index (χ4n) is 1.34. The summed E-state index contributed by atoms with van der Waals surface area (Å²) in [5, 5.41) is 9.08. The maximum absolute atomic E-state index is 11.6. The van der Waals surface area contributed by atoms with Gasteiger partial charge in [0.25, 0.3) is 5.56 Å². The van der Waals surface area contributed by atoms with Crippen LogP contribution in [0.25, 0.3) is 0 Å². The molecule has 0 unspecified atom stereocenters. The van der Waals surface area contributed by atoms with E-state index >= 15 is 0 Å². The number of halogens is 1. The first-order valence-electron chi connectivity index (χ1n) is 4.65. The van der Waals surface area contributed by atoms with E-state index in [0.717, 1.165) is 5.56 Å². The third-order valence-electron chi connectivity index (χ3n) is 2.16. The third-order valence-corrected chi connectivity index (χ3v) is 2.42. The Balaban J connectivity index is 2.31. The van der Waals surface area contributed by atoms with E-state index in [1.807, 2.05) is 0 Å². The average Bonchev–Trinajstić information content (AvgIpc) is 2.28. The molecule has 0 spiro atoms. The number of phenolic OH excluding ortho intramolecular Hbond substituents is 1. The molecule has 0 radical (unpaired) electrons. The molecule has 1 aromatic heterocycles. The molecular formula is C11H9ClN2O2. The molecule has 0 aliphatic carbocycles. The molecule has 0 bridgehead atoms. The van der Waals surface area contributed by atoms with Crippen LogP contribution in [0.3, 0.4) is 0 Å². The van der Waals surface area contributed by atoms with E-state index in [1.165, 1.54) is 10.8 Å². The Kier molecular flexibility index (Phi) is 2.92. The lowest BCUT2D eigenvalue weighted by Crippen LogP contribution is -2.21. The van der Waals surface area contributed by atoms with Gasteiger partial charge in [0.2, 0.25) is 0 Å². The standard InChI is InChI=1S/C11H9ClN2O2/c12-10-11(16)14(6-5-13-10)7-8-1-3-9(15)4-2-8/h1-6,15H,7H2. The quantitative estimate of drug-likeness (QED) is 0.863. The van der Waals surface area contributed by atoms with Crippen LogP contribution >= 0.6 is 11.6 Å². The average molecular weight is 237 g/mol. The van der Waals surface area contributed by atoms with Crippen molar-refractivity contribution in [1.82, 2.24) is 9.55 Å². The van der Waals surface area contributed by atoms with Crippen molar-refractivity contribution in [3.05, 3.63) is 57.7 Å². The minimum atomic E-state index is -0.322. The summed E-state index contributed by atoms with van der Waals surface area (Å²) in [7, 11) is 0. The second-order valence-corrected chi connectivity index (χ2v) is 3.68. The molecule has 0 aliphatic rings. The summed E-state index contributed by atoms with van der Waals surface area (Å²) in [5.41, 5.74) is 0.583. The van der Waals surface area contributed by atoms with Crippen molar-refractivity contribution < 1.29 is 5.11 Å². The predicted octanol–water partition coefficient (Wildman–Crippen LogP) is 1.65. The van der Waals surface area contributed by atoms with E-state index in [-0.39, 0.29) is 16.5 Å². The van der Waals surface area contributed by atoms with E-state index in [1.54, 1.807) is 30.5 Å². The Labute approximate surface area is 96.8 Å². The van der Waals surface area contributed by atoms with Crippen LogP contribution in [0.15, 0.2) is 41.5 Å². The van der Waals surface area contributed by atoms with E-state index in [2.05, 4.69) is 4.98 Å². The lowest BCUT2D eigenvalue weighted by molar-refractivity contribution is 0.475. The Morgan fingerprint density at radius 1 is 1.31 bits per heavy atom. The van der Waals surface area contributed by atoms with E-state index in [0.29, 0.717) is 6.54 Å². The largest absolute Gasteiger partial charge is 0.508 e. The van der Waals surface area contributed by atoms with Crippen molar-refractivity contribution in [3.63, 3.8) is 0 Å². The van der Waals surface area contributed by atoms with Crippen LogP contribution in [0.5, 0.6) is 5.75 Å². The number of rotatable bonds is 2. The number of hydrogen-bond donors (Lipinski definition) is 1. The number of aromatic hydroxyl groups is 1. The smallest absolute Gasteiger partial charge is 0.288 e. The van der Waals surface area contributed by atoms with Gasteiger partial charge in [-0.25, -0.2) is 4.98 Å². The molecule has 0 saturated carbocycles. The first-order valence-corrected chi connectivity index (χ1v) is 5.03. The Morgan fingerprint density at radius 3 is 2.69 bits per heavy atom. The number of nitrogens with zero attached hydrogens (tertiary/aromatic N) is 2. The molecule has 4 nitrogen and oxygen atoms in total. The van der Waals surface area contributed by atoms with Crippen LogP contribution in [-0.4, -0.2) is 14.7 Å². The van der Waals surface area contributed by atoms with E-state index in [4.69, 9.17) is 16.7 Å². The monoisotopic (exact) mass is 236 g/mol. The zero-order chi connectivity index (χ0) is 11.5. The Hall–Kier alpha value is -1.81. The normalized spacial score (nSPS) is 10.3. The second kappa shape index (κ2) is 4.37. The van der Waals surface area contributed by atoms with Gasteiger partial charge in [0.15, 0.2) is 5.15 Å². The molecule has 0 aliphatic heterocycles. The first kappa shape index (κ1) is 10.7.